The van der Waals surface area contributed by atoms with Crippen molar-refractivity contribution in [2.75, 3.05) is 14.2 Å². The summed E-state index contributed by atoms with van der Waals surface area (Å²) < 4.78 is 15.5. The van der Waals surface area contributed by atoms with E-state index in [1.807, 2.05) is 32.0 Å². The maximum Gasteiger partial charge on any atom is 0.305 e. The van der Waals surface area contributed by atoms with Crippen LogP contribution in [0.15, 0.2) is 18.2 Å². The van der Waals surface area contributed by atoms with E-state index in [1.165, 1.54) is 7.11 Å². The van der Waals surface area contributed by atoms with Crippen LogP contribution in [0, 0.1) is 0 Å². The summed E-state index contributed by atoms with van der Waals surface area (Å²) in [6.07, 6.45) is 1.07. The highest BCUT2D eigenvalue weighted by atomic mass is 16.5. The molecule has 0 aliphatic heterocycles. The maximum absolute atomic E-state index is 11.1. The lowest BCUT2D eigenvalue weighted by Crippen LogP contribution is -2.07. The molecule has 1 aromatic rings. The van der Waals surface area contributed by atoms with Crippen molar-refractivity contribution in [3.63, 3.8) is 0 Å². The molecule has 100 valence electrons. The molecule has 0 bridgehead atoms. The lowest BCUT2D eigenvalue weighted by atomic mass is 10.1. The number of methoxy groups -OCH3 is 2. The van der Waals surface area contributed by atoms with Crippen molar-refractivity contribution in [2.45, 2.75) is 32.8 Å². The smallest absolute Gasteiger partial charge is 0.305 e. The molecule has 0 amide bonds. The molecule has 18 heavy (non-hydrogen) atoms. The van der Waals surface area contributed by atoms with E-state index in [0.717, 1.165) is 5.56 Å². The second-order valence-electron chi connectivity index (χ2n) is 4.23. The Bertz CT molecular complexity index is 399. The van der Waals surface area contributed by atoms with Gasteiger partial charge in [-0.25, -0.2) is 0 Å². The third-order valence-corrected chi connectivity index (χ3v) is 2.44. The first-order valence-corrected chi connectivity index (χ1v) is 5.97. The minimum atomic E-state index is -0.211. The average Bonchev–Trinajstić information content (AvgIpc) is 2.35. The van der Waals surface area contributed by atoms with E-state index < -0.39 is 0 Å². The number of carbonyl (C=O) groups is 1. The van der Waals surface area contributed by atoms with E-state index in [4.69, 9.17) is 9.47 Å². The van der Waals surface area contributed by atoms with Crippen LogP contribution in [0.2, 0.25) is 0 Å². The summed E-state index contributed by atoms with van der Waals surface area (Å²) in [5, 5.41) is 0. The molecule has 0 aromatic heterocycles. The van der Waals surface area contributed by atoms with Gasteiger partial charge in [0.2, 0.25) is 0 Å². The zero-order valence-corrected chi connectivity index (χ0v) is 11.4. The Morgan fingerprint density at radius 2 is 1.94 bits per heavy atom. The number of rotatable bonds is 6. The second-order valence-corrected chi connectivity index (χ2v) is 4.23. The third kappa shape index (κ3) is 4.28. The van der Waals surface area contributed by atoms with Gasteiger partial charge in [0.15, 0.2) is 11.5 Å². The molecule has 1 rings (SSSR count). The zero-order chi connectivity index (χ0) is 13.5. The Labute approximate surface area is 108 Å². The highest BCUT2D eigenvalue weighted by Crippen LogP contribution is 2.29. The maximum atomic E-state index is 11.1. The second kappa shape index (κ2) is 6.89. The molecule has 0 aliphatic carbocycles. The molecule has 0 spiro atoms. The van der Waals surface area contributed by atoms with E-state index in [-0.39, 0.29) is 12.1 Å². The van der Waals surface area contributed by atoms with Crippen molar-refractivity contribution in [3.8, 4) is 11.5 Å². The van der Waals surface area contributed by atoms with Crippen LogP contribution in [0.25, 0.3) is 0 Å². The highest BCUT2D eigenvalue weighted by molar-refractivity contribution is 5.69. The molecule has 0 atom stereocenters. The van der Waals surface area contributed by atoms with Gasteiger partial charge in [-0.15, -0.1) is 0 Å². The van der Waals surface area contributed by atoms with Crippen molar-refractivity contribution in [1.82, 2.24) is 0 Å². The van der Waals surface area contributed by atoms with Crippen molar-refractivity contribution in [3.05, 3.63) is 23.8 Å². The van der Waals surface area contributed by atoms with Gasteiger partial charge in [-0.2, -0.15) is 0 Å². The predicted octanol–water partition coefficient (Wildman–Crippen LogP) is 2.59. The summed E-state index contributed by atoms with van der Waals surface area (Å²) in [6.45, 7) is 3.92. The van der Waals surface area contributed by atoms with Crippen LogP contribution in [0.3, 0.4) is 0 Å². The number of ether oxygens (including phenoxy) is 3. The molecule has 4 heteroatoms. The van der Waals surface area contributed by atoms with Crippen LogP contribution in [-0.2, 0) is 16.0 Å². The molecule has 0 radical (unpaired) electrons. The number of carbonyl (C=O) groups excluding carboxylic acids is 1. The van der Waals surface area contributed by atoms with Gasteiger partial charge in [-0.05, 0) is 38.0 Å². The molecular formula is C14H20O4. The summed E-state index contributed by atoms with van der Waals surface area (Å²) in [7, 11) is 3.00. The van der Waals surface area contributed by atoms with E-state index in [9.17, 15) is 4.79 Å². The monoisotopic (exact) mass is 252 g/mol. The standard InChI is InChI=1S/C14H20O4/c1-10(2)18-13-9-11(5-7-12(13)16-3)6-8-14(15)17-4/h5,7,9-10H,6,8H2,1-4H3. The van der Waals surface area contributed by atoms with Gasteiger partial charge in [0.05, 0.1) is 20.3 Å². The summed E-state index contributed by atoms with van der Waals surface area (Å²) in [4.78, 5) is 11.1. The van der Waals surface area contributed by atoms with Gasteiger partial charge in [0, 0.05) is 6.42 Å². The van der Waals surface area contributed by atoms with Crippen LogP contribution >= 0.6 is 0 Å². The predicted molar refractivity (Wildman–Crippen MR) is 69.1 cm³/mol. The van der Waals surface area contributed by atoms with Crippen LogP contribution in [0.4, 0.5) is 0 Å². The fourth-order valence-electron chi connectivity index (χ4n) is 1.57. The Kier molecular flexibility index (Phi) is 5.49. The Morgan fingerprint density at radius 3 is 2.50 bits per heavy atom. The van der Waals surface area contributed by atoms with Crippen LogP contribution in [0.1, 0.15) is 25.8 Å². The normalized spacial score (nSPS) is 10.3. The lowest BCUT2D eigenvalue weighted by Gasteiger charge is -2.14. The number of aryl methyl sites for hydroxylation is 1. The molecule has 0 N–H and O–H groups in total. The lowest BCUT2D eigenvalue weighted by molar-refractivity contribution is -0.140. The van der Waals surface area contributed by atoms with E-state index in [2.05, 4.69) is 4.74 Å². The van der Waals surface area contributed by atoms with Gasteiger partial charge in [-0.1, -0.05) is 6.07 Å². The van der Waals surface area contributed by atoms with Crippen molar-refractivity contribution in [2.24, 2.45) is 0 Å². The quantitative estimate of drug-likeness (QED) is 0.730. The Morgan fingerprint density at radius 1 is 1.22 bits per heavy atom. The van der Waals surface area contributed by atoms with Gasteiger partial charge in [-0.3, -0.25) is 4.79 Å². The van der Waals surface area contributed by atoms with Crippen LogP contribution < -0.4 is 9.47 Å². The Balaban J connectivity index is 2.78. The Hall–Kier alpha value is -1.71. The van der Waals surface area contributed by atoms with Gasteiger partial charge >= 0.3 is 5.97 Å². The number of hydrogen-bond donors (Lipinski definition) is 0. The molecule has 0 unspecified atom stereocenters. The molecule has 1 aromatic carbocycles. The third-order valence-electron chi connectivity index (χ3n) is 2.44. The molecule has 0 fully saturated rings. The average molecular weight is 252 g/mol. The minimum Gasteiger partial charge on any atom is -0.493 e. The summed E-state index contributed by atoms with van der Waals surface area (Å²) in [5.74, 6) is 1.19. The summed E-state index contributed by atoms with van der Waals surface area (Å²) in [5.41, 5.74) is 1.02. The largest absolute Gasteiger partial charge is 0.493 e. The fraction of sp³-hybridized carbons (Fsp3) is 0.500. The zero-order valence-electron chi connectivity index (χ0n) is 11.4. The first-order valence-electron chi connectivity index (χ1n) is 5.97. The fourth-order valence-corrected chi connectivity index (χ4v) is 1.57. The van der Waals surface area contributed by atoms with Crippen LogP contribution in [0.5, 0.6) is 11.5 Å². The number of hydrogen-bond acceptors (Lipinski definition) is 4. The van der Waals surface area contributed by atoms with Gasteiger partial charge in [0.25, 0.3) is 0 Å². The SMILES string of the molecule is COC(=O)CCc1ccc(OC)c(OC(C)C)c1. The van der Waals surface area contributed by atoms with E-state index >= 15 is 0 Å². The van der Waals surface area contributed by atoms with E-state index in [0.29, 0.717) is 24.3 Å². The molecule has 4 nitrogen and oxygen atoms in total. The van der Waals surface area contributed by atoms with Gasteiger partial charge in [0.1, 0.15) is 0 Å². The minimum absolute atomic E-state index is 0.0785. The molecular weight excluding hydrogens is 232 g/mol. The summed E-state index contributed by atoms with van der Waals surface area (Å²) in [6, 6.07) is 5.68. The number of esters is 1. The first kappa shape index (κ1) is 14.4. The first-order chi connectivity index (χ1) is 8.56. The van der Waals surface area contributed by atoms with Crippen molar-refractivity contribution < 1.29 is 19.0 Å². The molecule has 0 saturated carbocycles. The number of benzene rings is 1. The van der Waals surface area contributed by atoms with E-state index in [1.54, 1.807) is 7.11 Å². The topological polar surface area (TPSA) is 44.8 Å². The highest BCUT2D eigenvalue weighted by Gasteiger charge is 2.09. The van der Waals surface area contributed by atoms with Crippen molar-refractivity contribution >= 4 is 5.97 Å². The molecule has 0 aliphatic rings. The van der Waals surface area contributed by atoms with Gasteiger partial charge < -0.3 is 14.2 Å². The van der Waals surface area contributed by atoms with Crippen LogP contribution in [-0.4, -0.2) is 26.3 Å². The molecule has 0 saturated heterocycles. The summed E-state index contributed by atoms with van der Waals surface area (Å²) >= 11 is 0. The molecule has 0 heterocycles. The van der Waals surface area contributed by atoms with Crippen molar-refractivity contribution in [1.29, 1.82) is 0 Å².